The van der Waals surface area contributed by atoms with E-state index in [1.165, 1.54) is 6.92 Å². The van der Waals surface area contributed by atoms with Crippen molar-refractivity contribution in [1.29, 1.82) is 0 Å². The van der Waals surface area contributed by atoms with Crippen molar-refractivity contribution in [2.24, 2.45) is 5.73 Å². The van der Waals surface area contributed by atoms with Crippen molar-refractivity contribution < 1.29 is 13.6 Å². The molecule has 0 aromatic rings. The molecule has 0 fully saturated rings. The molecule has 1 atom stereocenters. The molecular weight excluding hydrogens is 166 g/mol. The van der Waals surface area contributed by atoms with Gasteiger partial charge >= 0.3 is 0 Å². The first-order valence-electron chi connectivity index (χ1n) is 3.75. The molecule has 0 saturated carbocycles. The molecule has 0 heterocycles. The summed E-state index contributed by atoms with van der Waals surface area (Å²) in [4.78, 5) is 11.0. The lowest BCUT2D eigenvalue weighted by Crippen LogP contribution is -2.51. The Bertz CT molecular complexity index is 159. The van der Waals surface area contributed by atoms with Crippen LogP contribution in [0.3, 0.4) is 0 Å². The monoisotopic (exact) mass is 180 g/mol. The highest BCUT2D eigenvalue weighted by Gasteiger charge is 2.25. The third kappa shape index (κ3) is 3.61. The van der Waals surface area contributed by atoms with E-state index in [4.69, 9.17) is 5.73 Å². The van der Waals surface area contributed by atoms with Crippen molar-refractivity contribution in [3.8, 4) is 0 Å². The fourth-order valence-electron chi connectivity index (χ4n) is 0.532. The van der Waals surface area contributed by atoms with Crippen LogP contribution >= 0.6 is 0 Å². The average Bonchev–Trinajstić information content (AvgIpc) is 2.00. The summed E-state index contributed by atoms with van der Waals surface area (Å²) in [5, 5.41) is 2.06. The molecule has 0 radical (unpaired) electrons. The molecule has 1 unspecified atom stereocenters. The van der Waals surface area contributed by atoms with Gasteiger partial charge in [0.2, 0.25) is 5.91 Å². The average molecular weight is 180 g/mol. The highest BCUT2D eigenvalue weighted by Crippen LogP contribution is 2.04. The summed E-state index contributed by atoms with van der Waals surface area (Å²) < 4.78 is 23.3. The van der Waals surface area contributed by atoms with Crippen molar-refractivity contribution in [3.05, 3.63) is 0 Å². The van der Waals surface area contributed by atoms with Crippen molar-refractivity contribution in [2.75, 3.05) is 6.54 Å². The van der Waals surface area contributed by atoms with Gasteiger partial charge in [0.05, 0.1) is 12.1 Å². The van der Waals surface area contributed by atoms with E-state index in [0.717, 1.165) is 0 Å². The molecule has 1 amide bonds. The van der Waals surface area contributed by atoms with E-state index in [1.807, 2.05) is 0 Å². The third-order valence-electron chi connectivity index (χ3n) is 1.67. The number of hydrogen-bond acceptors (Lipinski definition) is 2. The Morgan fingerprint density at radius 2 is 2.17 bits per heavy atom. The summed E-state index contributed by atoms with van der Waals surface area (Å²) in [6.45, 7) is 2.60. The minimum atomic E-state index is -2.53. The molecule has 0 aliphatic carbocycles. The highest BCUT2D eigenvalue weighted by molar-refractivity contribution is 5.85. The van der Waals surface area contributed by atoms with Crippen molar-refractivity contribution in [3.63, 3.8) is 0 Å². The number of hydrogen-bond donors (Lipinski definition) is 2. The van der Waals surface area contributed by atoms with E-state index < -0.39 is 24.4 Å². The lowest BCUT2D eigenvalue weighted by atomic mass is 10.00. The first-order valence-corrected chi connectivity index (χ1v) is 3.75. The molecule has 0 aliphatic rings. The Kier molecular flexibility index (Phi) is 4.09. The molecule has 0 aliphatic heterocycles. The Morgan fingerprint density at radius 3 is 2.50 bits per heavy atom. The lowest BCUT2D eigenvalue weighted by Gasteiger charge is -2.21. The van der Waals surface area contributed by atoms with Gasteiger partial charge in [0.25, 0.3) is 6.43 Å². The van der Waals surface area contributed by atoms with Gasteiger partial charge < -0.3 is 11.1 Å². The van der Waals surface area contributed by atoms with E-state index in [0.29, 0.717) is 6.42 Å². The van der Waals surface area contributed by atoms with Crippen molar-refractivity contribution in [2.45, 2.75) is 32.2 Å². The minimum Gasteiger partial charge on any atom is -0.349 e. The van der Waals surface area contributed by atoms with Gasteiger partial charge in [0.1, 0.15) is 0 Å². The maximum absolute atomic E-state index is 11.6. The van der Waals surface area contributed by atoms with Gasteiger partial charge in [-0.1, -0.05) is 6.92 Å². The molecule has 3 N–H and O–H groups in total. The minimum absolute atomic E-state index is 0.419. The molecular formula is C7H14F2N2O. The second-order valence-electron chi connectivity index (χ2n) is 2.87. The van der Waals surface area contributed by atoms with Gasteiger partial charge in [0, 0.05) is 0 Å². The molecule has 0 aromatic heterocycles. The Morgan fingerprint density at radius 1 is 1.67 bits per heavy atom. The number of nitrogens with one attached hydrogen (secondary N) is 1. The SMILES string of the molecule is CCC(C)(N)C(=O)NCC(F)F. The Labute approximate surface area is 70.3 Å². The van der Waals surface area contributed by atoms with Gasteiger partial charge in [-0.05, 0) is 13.3 Å². The van der Waals surface area contributed by atoms with Crippen molar-refractivity contribution in [1.82, 2.24) is 5.32 Å². The van der Waals surface area contributed by atoms with Crippen LogP contribution in [0.5, 0.6) is 0 Å². The first kappa shape index (κ1) is 11.3. The maximum atomic E-state index is 11.6. The van der Waals surface area contributed by atoms with Crippen LogP contribution in [0.2, 0.25) is 0 Å². The number of halogens is 2. The van der Waals surface area contributed by atoms with Crippen LogP contribution in [-0.2, 0) is 4.79 Å². The zero-order valence-electron chi connectivity index (χ0n) is 7.23. The summed E-state index contributed by atoms with van der Waals surface area (Å²) in [5.41, 5.74) is 4.44. The lowest BCUT2D eigenvalue weighted by molar-refractivity contribution is -0.126. The number of amides is 1. The fraction of sp³-hybridized carbons (Fsp3) is 0.857. The first-order chi connectivity index (χ1) is 5.40. The van der Waals surface area contributed by atoms with Crippen LogP contribution in [-0.4, -0.2) is 24.4 Å². The van der Waals surface area contributed by atoms with Crippen LogP contribution in [0.4, 0.5) is 8.78 Å². The number of rotatable bonds is 4. The van der Waals surface area contributed by atoms with Gasteiger partial charge in [-0.25, -0.2) is 8.78 Å². The second-order valence-corrected chi connectivity index (χ2v) is 2.87. The molecule has 12 heavy (non-hydrogen) atoms. The standard InChI is InChI=1S/C7H14F2N2O/c1-3-7(2,10)6(12)11-4-5(8)9/h5H,3-4,10H2,1-2H3,(H,11,12). The number of carbonyl (C=O) groups is 1. The van der Waals surface area contributed by atoms with Crippen LogP contribution in [0.25, 0.3) is 0 Å². The Hall–Kier alpha value is -0.710. The predicted octanol–water partition coefficient (Wildman–Crippen LogP) is 0.495. The zero-order chi connectivity index (χ0) is 9.78. The number of carbonyl (C=O) groups excluding carboxylic acids is 1. The smallest absolute Gasteiger partial charge is 0.255 e. The summed E-state index contributed by atoms with van der Waals surface area (Å²) in [6.07, 6.45) is -2.11. The fourth-order valence-corrected chi connectivity index (χ4v) is 0.532. The third-order valence-corrected chi connectivity index (χ3v) is 1.67. The number of alkyl halides is 2. The second kappa shape index (κ2) is 4.35. The largest absolute Gasteiger partial charge is 0.349 e. The van der Waals surface area contributed by atoms with E-state index in [1.54, 1.807) is 6.92 Å². The van der Waals surface area contributed by atoms with Crippen molar-refractivity contribution >= 4 is 5.91 Å². The number of nitrogens with two attached hydrogens (primary N) is 1. The molecule has 0 saturated heterocycles. The topological polar surface area (TPSA) is 55.1 Å². The summed E-state index contributed by atoms with van der Waals surface area (Å²) in [6, 6.07) is 0. The van der Waals surface area contributed by atoms with Crippen LogP contribution in [0.1, 0.15) is 20.3 Å². The van der Waals surface area contributed by atoms with Crippen LogP contribution in [0, 0.1) is 0 Å². The van der Waals surface area contributed by atoms with E-state index in [2.05, 4.69) is 5.32 Å². The molecule has 3 nitrogen and oxygen atoms in total. The van der Waals surface area contributed by atoms with E-state index >= 15 is 0 Å². The van der Waals surface area contributed by atoms with Crippen LogP contribution < -0.4 is 11.1 Å². The Balaban J connectivity index is 3.88. The quantitative estimate of drug-likeness (QED) is 0.661. The normalized spacial score (nSPS) is 15.8. The molecule has 72 valence electrons. The summed E-state index contributed by atoms with van der Waals surface area (Å²) >= 11 is 0. The molecule has 5 heteroatoms. The van der Waals surface area contributed by atoms with Gasteiger partial charge in [-0.2, -0.15) is 0 Å². The van der Waals surface area contributed by atoms with Gasteiger partial charge in [-0.15, -0.1) is 0 Å². The van der Waals surface area contributed by atoms with Gasteiger partial charge in [0.15, 0.2) is 0 Å². The van der Waals surface area contributed by atoms with Crippen LogP contribution in [0.15, 0.2) is 0 Å². The molecule has 0 rings (SSSR count). The van der Waals surface area contributed by atoms with Gasteiger partial charge in [-0.3, -0.25) is 4.79 Å². The summed E-state index contributed by atoms with van der Waals surface area (Å²) in [7, 11) is 0. The molecule has 0 spiro atoms. The predicted molar refractivity (Wildman–Crippen MR) is 41.9 cm³/mol. The van der Waals surface area contributed by atoms with E-state index in [-0.39, 0.29) is 0 Å². The molecule has 0 aromatic carbocycles. The molecule has 0 bridgehead atoms. The summed E-state index contributed by atoms with van der Waals surface area (Å²) in [5.74, 6) is -0.537. The highest BCUT2D eigenvalue weighted by atomic mass is 19.3. The van der Waals surface area contributed by atoms with E-state index in [9.17, 15) is 13.6 Å². The maximum Gasteiger partial charge on any atom is 0.255 e. The zero-order valence-corrected chi connectivity index (χ0v) is 7.23.